The summed E-state index contributed by atoms with van der Waals surface area (Å²) in [6.45, 7) is 0.145. The molecule has 0 saturated carbocycles. The molecule has 2 rings (SSSR count). The van der Waals surface area contributed by atoms with Crippen molar-refractivity contribution in [1.29, 1.82) is 5.26 Å². The minimum atomic E-state index is 0.145. The predicted molar refractivity (Wildman–Crippen MR) is 81.7 cm³/mol. The van der Waals surface area contributed by atoms with E-state index in [2.05, 4.69) is 27.9 Å². The molecule has 0 aliphatic carbocycles. The molecule has 0 radical (unpaired) electrons. The van der Waals surface area contributed by atoms with E-state index in [1.807, 2.05) is 6.07 Å². The summed E-state index contributed by atoms with van der Waals surface area (Å²) >= 11 is 5.82. The van der Waals surface area contributed by atoms with Crippen LogP contribution in [-0.4, -0.2) is 23.7 Å². The molecule has 0 aromatic carbocycles. The lowest BCUT2D eigenvalue weighted by Gasteiger charge is -2.06. The highest BCUT2D eigenvalue weighted by molar-refractivity contribution is 6.30. The first-order chi connectivity index (χ1) is 10.7. The molecule has 0 spiro atoms. The van der Waals surface area contributed by atoms with Gasteiger partial charge in [-0.05, 0) is 17.6 Å². The standard InChI is InChI=1S/C16H12ClN3O2/c1-21-15-9-13(17)11-20-16(15)22-8-2-3-14-5-4-12(6-7-18)10-19-14/h4-5,9-11H,6,8H2,1H3. The minimum Gasteiger partial charge on any atom is -0.491 e. The van der Waals surface area contributed by atoms with Crippen LogP contribution in [0, 0.1) is 23.2 Å². The van der Waals surface area contributed by atoms with E-state index in [4.69, 9.17) is 26.3 Å². The van der Waals surface area contributed by atoms with Crippen molar-refractivity contribution >= 4 is 11.6 Å². The summed E-state index contributed by atoms with van der Waals surface area (Å²) in [4.78, 5) is 8.18. The number of methoxy groups -OCH3 is 1. The van der Waals surface area contributed by atoms with Crippen molar-refractivity contribution < 1.29 is 9.47 Å². The van der Waals surface area contributed by atoms with E-state index >= 15 is 0 Å². The van der Waals surface area contributed by atoms with Gasteiger partial charge in [-0.15, -0.1) is 0 Å². The zero-order chi connectivity index (χ0) is 15.8. The number of pyridine rings is 2. The Bertz CT molecular complexity index is 743. The molecule has 0 aliphatic rings. The number of ether oxygens (including phenoxy) is 2. The van der Waals surface area contributed by atoms with E-state index in [1.54, 1.807) is 18.3 Å². The van der Waals surface area contributed by atoms with E-state index in [0.717, 1.165) is 5.56 Å². The van der Waals surface area contributed by atoms with Gasteiger partial charge in [-0.25, -0.2) is 9.97 Å². The molecule has 6 heteroatoms. The lowest BCUT2D eigenvalue weighted by molar-refractivity contribution is 0.318. The normalized spacial score (nSPS) is 9.32. The van der Waals surface area contributed by atoms with Crippen molar-refractivity contribution in [3.63, 3.8) is 0 Å². The van der Waals surface area contributed by atoms with E-state index in [0.29, 0.717) is 28.8 Å². The lowest BCUT2D eigenvalue weighted by atomic mass is 10.2. The molecule has 5 nitrogen and oxygen atoms in total. The molecule has 0 bridgehead atoms. The highest BCUT2D eigenvalue weighted by Crippen LogP contribution is 2.26. The second kappa shape index (κ2) is 7.87. The van der Waals surface area contributed by atoms with Gasteiger partial charge in [0, 0.05) is 18.5 Å². The van der Waals surface area contributed by atoms with Gasteiger partial charge in [0.2, 0.25) is 0 Å². The average molecular weight is 314 g/mol. The van der Waals surface area contributed by atoms with Gasteiger partial charge in [0.15, 0.2) is 12.4 Å². The molecule has 2 aromatic heterocycles. The van der Waals surface area contributed by atoms with Gasteiger partial charge in [-0.2, -0.15) is 5.26 Å². The number of rotatable bonds is 4. The van der Waals surface area contributed by atoms with Crippen molar-refractivity contribution in [3.05, 3.63) is 46.9 Å². The van der Waals surface area contributed by atoms with Crippen molar-refractivity contribution in [2.75, 3.05) is 13.7 Å². The van der Waals surface area contributed by atoms with Gasteiger partial charge in [0.1, 0.15) is 5.69 Å². The topological polar surface area (TPSA) is 68.0 Å². The minimum absolute atomic E-state index is 0.145. The molecule has 110 valence electrons. The molecule has 0 aliphatic heterocycles. The molecule has 0 unspecified atom stereocenters. The Morgan fingerprint density at radius 2 is 2.14 bits per heavy atom. The fourth-order valence-corrected chi connectivity index (χ4v) is 1.74. The van der Waals surface area contributed by atoms with Crippen LogP contribution >= 0.6 is 11.6 Å². The monoisotopic (exact) mass is 313 g/mol. The van der Waals surface area contributed by atoms with Crippen molar-refractivity contribution in [1.82, 2.24) is 9.97 Å². The zero-order valence-corrected chi connectivity index (χ0v) is 12.6. The summed E-state index contributed by atoms with van der Waals surface area (Å²) in [7, 11) is 1.51. The van der Waals surface area contributed by atoms with Crippen molar-refractivity contribution in [3.8, 4) is 29.5 Å². The van der Waals surface area contributed by atoms with Gasteiger partial charge < -0.3 is 9.47 Å². The second-order valence-corrected chi connectivity index (χ2v) is 4.57. The third kappa shape index (κ3) is 4.37. The van der Waals surface area contributed by atoms with Gasteiger partial charge in [0.25, 0.3) is 5.88 Å². The zero-order valence-electron chi connectivity index (χ0n) is 11.8. The molecular weight excluding hydrogens is 302 g/mol. The Kier molecular flexibility index (Phi) is 5.59. The fourth-order valence-electron chi connectivity index (χ4n) is 1.59. The SMILES string of the molecule is COc1cc(Cl)cnc1OCC#Cc1ccc(CC#N)cn1. The number of hydrogen-bond donors (Lipinski definition) is 0. The number of nitriles is 1. The first-order valence-corrected chi connectivity index (χ1v) is 6.74. The van der Waals surface area contributed by atoms with E-state index in [9.17, 15) is 0 Å². The Morgan fingerprint density at radius 1 is 1.27 bits per heavy atom. The van der Waals surface area contributed by atoms with Crippen LogP contribution in [0.25, 0.3) is 0 Å². The fraction of sp³-hybridized carbons (Fsp3) is 0.188. The molecule has 0 N–H and O–H groups in total. The Balaban J connectivity index is 1.96. The Morgan fingerprint density at radius 3 is 2.82 bits per heavy atom. The third-order valence-corrected chi connectivity index (χ3v) is 2.82. The van der Waals surface area contributed by atoms with Crippen LogP contribution in [0.15, 0.2) is 30.6 Å². The summed E-state index contributed by atoms with van der Waals surface area (Å²) in [5.74, 6) is 6.49. The summed E-state index contributed by atoms with van der Waals surface area (Å²) < 4.78 is 10.5. The van der Waals surface area contributed by atoms with Gasteiger partial charge in [-0.1, -0.05) is 23.6 Å². The van der Waals surface area contributed by atoms with Crippen LogP contribution in [0.3, 0.4) is 0 Å². The maximum Gasteiger partial charge on any atom is 0.258 e. The van der Waals surface area contributed by atoms with Crippen LogP contribution in [-0.2, 0) is 6.42 Å². The van der Waals surface area contributed by atoms with Crippen LogP contribution in [0.2, 0.25) is 5.02 Å². The average Bonchev–Trinajstić information content (AvgIpc) is 2.54. The van der Waals surface area contributed by atoms with Crippen LogP contribution in [0.1, 0.15) is 11.3 Å². The van der Waals surface area contributed by atoms with Gasteiger partial charge in [0.05, 0.1) is 24.6 Å². The maximum absolute atomic E-state index is 8.58. The molecular formula is C16H12ClN3O2. The Labute approximate surface area is 133 Å². The van der Waals surface area contributed by atoms with Crippen LogP contribution in [0.5, 0.6) is 11.6 Å². The Hall–Kier alpha value is -2.76. The van der Waals surface area contributed by atoms with E-state index < -0.39 is 0 Å². The third-order valence-electron chi connectivity index (χ3n) is 2.61. The molecule has 2 heterocycles. The smallest absolute Gasteiger partial charge is 0.258 e. The first kappa shape index (κ1) is 15.6. The number of nitrogens with zero attached hydrogens (tertiary/aromatic N) is 3. The maximum atomic E-state index is 8.58. The second-order valence-electron chi connectivity index (χ2n) is 4.14. The molecule has 0 fully saturated rings. The lowest BCUT2D eigenvalue weighted by Crippen LogP contribution is -1.99. The molecule has 2 aromatic rings. The van der Waals surface area contributed by atoms with Gasteiger partial charge >= 0.3 is 0 Å². The number of aromatic nitrogens is 2. The summed E-state index contributed by atoms with van der Waals surface area (Å²) in [5, 5.41) is 9.05. The van der Waals surface area contributed by atoms with E-state index in [-0.39, 0.29) is 6.61 Å². The molecule has 0 atom stereocenters. The highest BCUT2D eigenvalue weighted by Gasteiger charge is 2.05. The summed E-state index contributed by atoms with van der Waals surface area (Å²) in [6.07, 6.45) is 3.45. The first-order valence-electron chi connectivity index (χ1n) is 6.36. The quantitative estimate of drug-likeness (QED) is 0.812. The predicted octanol–water partition coefficient (Wildman–Crippen LogP) is 2.64. The number of hydrogen-bond acceptors (Lipinski definition) is 5. The largest absolute Gasteiger partial charge is 0.491 e. The van der Waals surface area contributed by atoms with Crippen molar-refractivity contribution in [2.45, 2.75) is 6.42 Å². The molecule has 0 saturated heterocycles. The summed E-state index contributed by atoms with van der Waals surface area (Å²) in [6, 6.07) is 7.27. The summed E-state index contributed by atoms with van der Waals surface area (Å²) in [5.41, 5.74) is 1.47. The van der Waals surface area contributed by atoms with Gasteiger partial charge in [-0.3, -0.25) is 0 Å². The highest BCUT2D eigenvalue weighted by atomic mass is 35.5. The molecule has 22 heavy (non-hydrogen) atoms. The van der Waals surface area contributed by atoms with Crippen LogP contribution in [0.4, 0.5) is 0 Å². The van der Waals surface area contributed by atoms with Crippen LogP contribution < -0.4 is 9.47 Å². The number of halogens is 1. The van der Waals surface area contributed by atoms with Crippen molar-refractivity contribution in [2.24, 2.45) is 0 Å². The van der Waals surface area contributed by atoms with E-state index in [1.165, 1.54) is 13.3 Å². The molecule has 0 amide bonds.